The van der Waals surface area contributed by atoms with Crippen LogP contribution in [-0.2, 0) is 14.9 Å². The van der Waals surface area contributed by atoms with E-state index in [-0.39, 0.29) is 18.1 Å². The number of carbonyl (C=O) groups is 2. The van der Waals surface area contributed by atoms with E-state index in [1.54, 1.807) is 0 Å². The molecule has 0 aromatic carbocycles. The summed E-state index contributed by atoms with van der Waals surface area (Å²) in [5.74, 6) is -0.798. The number of anilines is 1. The Labute approximate surface area is 111 Å². The van der Waals surface area contributed by atoms with E-state index in [0.29, 0.717) is 17.3 Å². The Morgan fingerprint density at radius 1 is 1.56 bits per heavy atom. The second-order valence-electron chi connectivity index (χ2n) is 3.94. The fraction of sp³-hybridized carbons (Fsp3) is 0.364. The standard InChI is InChI=1S/C11H11BrFN3O2/c12-4-6-5-14-9(3-7(6)13)15-8-1-2-10(17)16-11(8)18/h3,5,8H,1-2,4H2,(H,14,15)(H,16,17,18). The molecule has 0 saturated carbocycles. The maximum atomic E-state index is 13.5. The lowest BCUT2D eigenvalue weighted by Crippen LogP contribution is -2.47. The first kappa shape index (κ1) is 12.9. The molecule has 1 aliphatic rings. The summed E-state index contributed by atoms with van der Waals surface area (Å²) in [5.41, 5.74) is 0.448. The SMILES string of the molecule is O=C1CCC(Nc2cc(F)c(CBr)cn2)C(=O)N1. The van der Waals surface area contributed by atoms with Crippen LogP contribution in [0, 0.1) is 5.82 Å². The third-order valence-electron chi connectivity index (χ3n) is 2.63. The molecule has 1 unspecified atom stereocenters. The summed E-state index contributed by atoms with van der Waals surface area (Å²) in [6.45, 7) is 0. The Kier molecular flexibility index (Phi) is 3.90. The number of alkyl halides is 1. The number of halogens is 2. The first-order valence-electron chi connectivity index (χ1n) is 5.41. The quantitative estimate of drug-likeness (QED) is 0.652. The van der Waals surface area contributed by atoms with Crippen LogP contribution in [0.15, 0.2) is 12.3 Å². The molecule has 2 rings (SSSR count). The molecule has 1 aromatic rings. The molecule has 1 aliphatic heterocycles. The molecule has 1 atom stereocenters. The smallest absolute Gasteiger partial charge is 0.249 e. The van der Waals surface area contributed by atoms with Gasteiger partial charge in [-0.1, -0.05) is 15.9 Å². The molecule has 2 N–H and O–H groups in total. The van der Waals surface area contributed by atoms with Crippen LogP contribution < -0.4 is 10.6 Å². The summed E-state index contributed by atoms with van der Waals surface area (Å²) in [7, 11) is 0. The number of rotatable bonds is 3. The maximum Gasteiger partial charge on any atom is 0.249 e. The molecule has 0 radical (unpaired) electrons. The van der Waals surface area contributed by atoms with Crippen molar-refractivity contribution in [3.05, 3.63) is 23.6 Å². The first-order chi connectivity index (χ1) is 8.60. The number of hydrogen-bond acceptors (Lipinski definition) is 4. The second-order valence-corrected chi connectivity index (χ2v) is 4.50. The van der Waals surface area contributed by atoms with E-state index in [1.165, 1.54) is 12.3 Å². The zero-order valence-corrected chi connectivity index (χ0v) is 11.0. The first-order valence-corrected chi connectivity index (χ1v) is 6.53. The number of carbonyl (C=O) groups excluding carboxylic acids is 2. The zero-order chi connectivity index (χ0) is 13.1. The van der Waals surface area contributed by atoms with Gasteiger partial charge in [0.05, 0.1) is 0 Å². The molecule has 18 heavy (non-hydrogen) atoms. The van der Waals surface area contributed by atoms with Crippen LogP contribution in [0.3, 0.4) is 0 Å². The highest BCUT2D eigenvalue weighted by Gasteiger charge is 2.26. The summed E-state index contributed by atoms with van der Waals surface area (Å²) in [4.78, 5) is 26.5. The van der Waals surface area contributed by atoms with Gasteiger partial charge in [-0.25, -0.2) is 9.37 Å². The molecule has 0 aliphatic carbocycles. The summed E-state index contributed by atoms with van der Waals surface area (Å²) >= 11 is 3.15. The number of hydrogen-bond donors (Lipinski definition) is 2. The van der Waals surface area contributed by atoms with Crippen LogP contribution in [0.4, 0.5) is 10.2 Å². The van der Waals surface area contributed by atoms with E-state index in [1.807, 2.05) is 0 Å². The monoisotopic (exact) mass is 315 g/mol. The van der Waals surface area contributed by atoms with E-state index < -0.39 is 17.8 Å². The molecule has 96 valence electrons. The van der Waals surface area contributed by atoms with Gasteiger partial charge in [-0.3, -0.25) is 14.9 Å². The predicted octanol–water partition coefficient (Wildman–Crippen LogP) is 1.33. The van der Waals surface area contributed by atoms with Gasteiger partial charge in [-0.2, -0.15) is 0 Å². The van der Waals surface area contributed by atoms with E-state index in [0.717, 1.165) is 0 Å². The third kappa shape index (κ3) is 2.84. The number of imide groups is 1. The van der Waals surface area contributed by atoms with Gasteiger partial charge in [0.1, 0.15) is 17.7 Å². The number of nitrogens with zero attached hydrogens (tertiary/aromatic N) is 1. The molecular weight excluding hydrogens is 305 g/mol. The highest BCUT2D eigenvalue weighted by atomic mass is 79.9. The topological polar surface area (TPSA) is 71.1 Å². The molecule has 1 fully saturated rings. The molecule has 7 heteroatoms. The molecule has 2 heterocycles. The van der Waals surface area contributed by atoms with Crippen LogP contribution in [0.5, 0.6) is 0 Å². The largest absolute Gasteiger partial charge is 0.358 e. The third-order valence-corrected chi connectivity index (χ3v) is 3.24. The van der Waals surface area contributed by atoms with E-state index >= 15 is 0 Å². The van der Waals surface area contributed by atoms with Gasteiger partial charge in [-0.15, -0.1) is 0 Å². The van der Waals surface area contributed by atoms with Crippen molar-refractivity contribution >= 4 is 33.6 Å². The van der Waals surface area contributed by atoms with Gasteiger partial charge in [0.15, 0.2) is 0 Å². The minimum absolute atomic E-state index is 0.269. The number of pyridine rings is 1. The fourth-order valence-corrected chi connectivity index (χ4v) is 2.06. The molecule has 2 amide bonds. The number of amides is 2. The highest BCUT2D eigenvalue weighted by molar-refractivity contribution is 9.08. The van der Waals surface area contributed by atoms with Gasteiger partial charge in [0.2, 0.25) is 11.8 Å². The Morgan fingerprint density at radius 3 is 2.94 bits per heavy atom. The Bertz CT molecular complexity index is 495. The Morgan fingerprint density at radius 2 is 2.33 bits per heavy atom. The van der Waals surface area contributed by atoms with Gasteiger partial charge >= 0.3 is 0 Å². The summed E-state index contributed by atoms with van der Waals surface area (Å²) in [6, 6.07) is 0.685. The van der Waals surface area contributed by atoms with Crippen LogP contribution in [0.2, 0.25) is 0 Å². The summed E-state index contributed by atoms with van der Waals surface area (Å²) in [6.07, 6.45) is 2.05. The molecule has 1 aromatic heterocycles. The van der Waals surface area contributed by atoms with Crippen molar-refractivity contribution in [1.82, 2.24) is 10.3 Å². The predicted molar refractivity (Wildman–Crippen MR) is 66.6 cm³/mol. The van der Waals surface area contributed by atoms with E-state index in [9.17, 15) is 14.0 Å². The van der Waals surface area contributed by atoms with Crippen molar-refractivity contribution in [3.8, 4) is 0 Å². The number of aromatic nitrogens is 1. The average Bonchev–Trinajstić information content (AvgIpc) is 2.33. The lowest BCUT2D eigenvalue weighted by Gasteiger charge is -2.22. The molecule has 1 saturated heterocycles. The second kappa shape index (κ2) is 5.43. The summed E-state index contributed by atoms with van der Waals surface area (Å²) in [5, 5.41) is 5.41. The molecule has 5 nitrogen and oxygen atoms in total. The lowest BCUT2D eigenvalue weighted by molar-refractivity contribution is -0.133. The van der Waals surface area contributed by atoms with Crippen LogP contribution in [0.1, 0.15) is 18.4 Å². The minimum Gasteiger partial charge on any atom is -0.358 e. The lowest BCUT2D eigenvalue weighted by atomic mass is 10.1. The fourth-order valence-electron chi connectivity index (χ4n) is 1.65. The van der Waals surface area contributed by atoms with Crippen molar-refractivity contribution < 1.29 is 14.0 Å². The molecular formula is C11H11BrFN3O2. The van der Waals surface area contributed by atoms with Crippen molar-refractivity contribution in [3.63, 3.8) is 0 Å². The van der Waals surface area contributed by atoms with Crippen molar-refractivity contribution in [2.45, 2.75) is 24.2 Å². The van der Waals surface area contributed by atoms with Gasteiger partial charge < -0.3 is 5.32 Å². The highest BCUT2D eigenvalue weighted by Crippen LogP contribution is 2.16. The zero-order valence-electron chi connectivity index (χ0n) is 9.37. The van der Waals surface area contributed by atoms with Crippen LogP contribution in [0.25, 0.3) is 0 Å². The molecule has 0 bridgehead atoms. The summed E-state index contributed by atoms with van der Waals surface area (Å²) < 4.78 is 13.5. The van der Waals surface area contributed by atoms with Crippen molar-refractivity contribution in [2.24, 2.45) is 0 Å². The van der Waals surface area contributed by atoms with Gasteiger partial charge in [0, 0.05) is 29.6 Å². The molecule has 0 spiro atoms. The van der Waals surface area contributed by atoms with E-state index in [4.69, 9.17) is 0 Å². The van der Waals surface area contributed by atoms with Crippen molar-refractivity contribution in [2.75, 3.05) is 5.32 Å². The van der Waals surface area contributed by atoms with Gasteiger partial charge in [-0.05, 0) is 6.42 Å². The van der Waals surface area contributed by atoms with Crippen LogP contribution >= 0.6 is 15.9 Å². The maximum absolute atomic E-state index is 13.5. The minimum atomic E-state index is -0.551. The van der Waals surface area contributed by atoms with E-state index in [2.05, 4.69) is 31.5 Å². The van der Waals surface area contributed by atoms with Crippen molar-refractivity contribution in [1.29, 1.82) is 0 Å². The Hall–Kier alpha value is -1.50. The number of nitrogens with one attached hydrogen (secondary N) is 2. The van der Waals surface area contributed by atoms with Gasteiger partial charge in [0.25, 0.3) is 0 Å². The Balaban J connectivity index is 2.07. The average molecular weight is 316 g/mol. The number of piperidine rings is 1. The normalized spacial score (nSPS) is 19.6. The van der Waals surface area contributed by atoms with Crippen LogP contribution in [-0.4, -0.2) is 22.8 Å².